The van der Waals surface area contributed by atoms with Crippen molar-refractivity contribution in [2.75, 3.05) is 11.1 Å². The number of pyridine rings is 1. The quantitative estimate of drug-likeness (QED) is 0.645. The van der Waals surface area contributed by atoms with Crippen LogP contribution in [0.4, 0.5) is 5.69 Å². The molecule has 0 aliphatic rings. The number of carbonyl (C=O) groups is 2. The van der Waals surface area contributed by atoms with Gasteiger partial charge in [0.15, 0.2) is 11.0 Å². The van der Waals surface area contributed by atoms with Crippen LogP contribution in [0.25, 0.3) is 11.4 Å². The lowest BCUT2D eigenvalue weighted by atomic mass is 10.2. The predicted octanol–water partition coefficient (Wildman–Crippen LogP) is 0.971. The maximum atomic E-state index is 12.1. The molecule has 0 bridgehead atoms. The summed E-state index contributed by atoms with van der Waals surface area (Å²) < 4.78 is 1.81. The van der Waals surface area contributed by atoms with E-state index in [1.54, 1.807) is 12.4 Å². The fourth-order valence-electron chi connectivity index (χ4n) is 2.21. The third-order valence-electron chi connectivity index (χ3n) is 3.51. The molecule has 0 spiro atoms. The second kappa shape index (κ2) is 7.79. The average molecular weight is 368 g/mol. The van der Waals surface area contributed by atoms with Crippen LogP contribution in [0.15, 0.2) is 53.9 Å². The van der Waals surface area contributed by atoms with Gasteiger partial charge in [0.05, 0.1) is 11.7 Å². The smallest absolute Gasteiger partial charge is 0.234 e. The molecule has 3 rings (SSSR count). The van der Waals surface area contributed by atoms with Crippen molar-refractivity contribution in [3.63, 3.8) is 0 Å². The number of anilines is 1. The van der Waals surface area contributed by atoms with Crippen molar-refractivity contribution in [3.05, 3.63) is 54.4 Å². The summed E-state index contributed by atoms with van der Waals surface area (Å²) in [5, 5.41) is 22.3. The zero-order chi connectivity index (χ0) is 18.5. The van der Waals surface area contributed by atoms with Crippen LogP contribution in [0, 0.1) is 0 Å². The molecule has 8 nitrogen and oxygen atoms in total. The van der Waals surface area contributed by atoms with Crippen molar-refractivity contribution in [2.45, 2.75) is 5.16 Å². The molecule has 2 heterocycles. The first-order valence-electron chi connectivity index (χ1n) is 7.58. The normalized spacial score (nSPS) is 10.5. The molecule has 0 aliphatic carbocycles. The molecule has 9 heteroatoms. The molecule has 0 saturated carbocycles. The van der Waals surface area contributed by atoms with E-state index in [9.17, 15) is 14.7 Å². The first kappa shape index (κ1) is 17.6. The maximum Gasteiger partial charge on any atom is 0.234 e. The minimum Gasteiger partial charge on any atom is -0.545 e. The molecule has 3 aromatic rings. The number of carboxylic acid groups (broad SMARTS) is 1. The number of nitrogens with one attached hydrogen (secondary N) is 1. The van der Waals surface area contributed by atoms with E-state index >= 15 is 0 Å². The van der Waals surface area contributed by atoms with Crippen molar-refractivity contribution >= 4 is 29.3 Å². The van der Waals surface area contributed by atoms with Gasteiger partial charge in [-0.2, -0.15) is 0 Å². The summed E-state index contributed by atoms with van der Waals surface area (Å²) in [6.45, 7) is 0. The lowest BCUT2D eigenvalue weighted by molar-refractivity contribution is -0.255. The largest absolute Gasteiger partial charge is 0.545 e. The monoisotopic (exact) mass is 368 g/mol. The number of thioether (sulfide) groups is 1. The van der Waals surface area contributed by atoms with Crippen LogP contribution in [0.5, 0.6) is 0 Å². The molecule has 132 valence electrons. The third kappa shape index (κ3) is 4.06. The highest BCUT2D eigenvalue weighted by Crippen LogP contribution is 2.22. The van der Waals surface area contributed by atoms with E-state index in [0.717, 1.165) is 5.56 Å². The van der Waals surface area contributed by atoms with E-state index in [0.29, 0.717) is 16.7 Å². The predicted molar refractivity (Wildman–Crippen MR) is 94.4 cm³/mol. The molecule has 0 saturated heterocycles. The summed E-state index contributed by atoms with van der Waals surface area (Å²) in [5.74, 6) is -0.659. The number of carbonyl (C=O) groups excluding carboxylic acids is 2. The van der Waals surface area contributed by atoms with Crippen molar-refractivity contribution in [1.82, 2.24) is 19.7 Å². The number of amides is 1. The number of hydrogen-bond acceptors (Lipinski definition) is 7. The molecule has 0 radical (unpaired) electrons. The van der Waals surface area contributed by atoms with Gasteiger partial charge in [-0.3, -0.25) is 9.78 Å². The van der Waals surface area contributed by atoms with Crippen LogP contribution < -0.4 is 10.4 Å². The van der Waals surface area contributed by atoms with Crippen LogP contribution in [0.2, 0.25) is 0 Å². The van der Waals surface area contributed by atoms with Gasteiger partial charge in [0, 0.05) is 30.7 Å². The van der Waals surface area contributed by atoms with E-state index < -0.39 is 5.97 Å². The number of hydrogen-bond donors (Lipinski definition) is 1. The van der Waals surface area contributed by atoms with Gasteiger partial charge in [-0.25, -0.2) is 0 Å². The molecule has 0 aliphatic heterocycles. The van der Waals surface area contributed by atoms with E-state index in [4.69, 9.17) is 0 Å². The molecule has 0 unspecified atom stereocenters. The molecule has 0 atom stereocenters. The van der Waals surface area contributed by atoms with Gasteiger partial charge in [0.25, 0.3) is 0 Å². The first-order valence-corrected chi connectivity index (χ1v) is 8.57. The van der Waals surface area contributed by atoms with Gasteiger partial charge in [0.2, 0.25) is 5.91 Å². The summed E-state index contributed by atoms with van der Waals surface area (Å²) in [5.41, 5.74) is 1.45. The summed E-state index contributed by atoms with van der Waals surface area (Å²) in [6, 6.07) is 9.45. The molecular formula is C17H14N5O3S-. The highest BCUT2D eigenvalue weighted by atomic mass is 32.2. The summed E-state index contributed by atoms with van der Waals surface area (Å²) >= 11 is 1.26. The first-order chi connectivity index (χ1) is 12.5. The Morgan fingerprint density at radius 2 is 1.81 bits per heavy atom. The fraction of sp³-hybridized carbons (Fsp3) is 0.118. The van der Waals surface area contributed by atoms with Gasteiger partial charge in [-0.05, 0) is 29.8 Å². The Labute approximate surface area is 153 Å². The van der Waals surface area contributed by atoms with Crippen molar-refractivity contribution in [3.8, 4) is 11.4 Å². The second-order valence-electron chi connectivity index (χ2n) is 5.30. The second-order valence-corrected chi connectivity index (χ2v) is 6.25. The van der Waals surface area contributed by atoms with Crippen LogP contribution in [0.1, 0.15) is 10.4 Å². The van der Waals surface area contributed by atoms with E-state index in [-0.39, 0.29) is 17.2 Å². The van der Waals surface area contributed by atoms with Crippen molar-refractivity contribution < 1.29 is 14.7 Å². The van der Waals surface area contributed by atoms with Crippen LogP contribution in [-0.4, -0.2) is 37.4 Å². The zero-order valence-corrected chi connectivity index (χ0v) is 14.6. The van der Waals surface area contributed by atoms with Crippen molar-refractivity contribution in [1.29, 1.82) is 0 Å². The van der Waals surface area contributed by atoms with Crippen LogP contribution >= 0.6 is 11.8 Å². The Bertz CT molecular complexity index is 925. The van der Waals surface area contributed by atoms with E-state index in [1.807, 2.05) is 23.7 Å². The van der Waals surface area contributed by atoms with Gasteiger partial charge >= 0.3 is 0 Å². The van der Waals surface area contributed by atoms with Gasteiger partial charge < -0.3 is 19.8 Å². The van der Waals surface area contributed by atoms with E-state index in [1.165, 1.54) is 36.0 Å². The molecule has 26 heavy (non-hydrogen) atoms. The number of nitrogens with zero attached hydrogens (tertiary/aromatic N) is 4. The molecule has 1 aromatic carbocycles. The average Bonchev–Trinajstić information content (AvgIpc) is 3.02. The summed E-state index contributed by atoms with van der Waals surface area (Å²) in [6.07, 6.45) is 3.35. The van der Waals surface area contributed by atoms with Crippen molar-refractivity contribution in [2.24, 2.45) is 7.05 Å². The van der Waals surface area contributed by atoms with Gasteiger partial charge in [-0.15, -0.1) is 10.2 Å². The Morgan fingerprint density at radius 1 is 1.12 bits per heavy atom. The van der Waals surface area contributed by atoms with E-state index in [2.05, 4.69) is 20.5 Å². The summed E-state index contributed by atoms with van der Waals surface area (Å²) in [7, 11) is 1.83. The van der Waals surface area contributed by atoms with Crippen LogP contribution in [-0.2, 0) is 11.8 Å². The summed E-state index contributed by atoms with van der Waals surface area (Å²) in [4.78, 5) is 26.7. The fourth-order valence-corrected chi connectivity index (χ4v) is 2.92. The Balaban J connectivity index is 1.60. The minimum atomic E-state index is -1.26. The third-order valence-corrected chi connectivity index (χ3v) is 4.53. The van der Waals surface area contributed by atoms with Gasteiger partial charge in [0.1, 0.15) is 0 Å². The maximum absolute atomic E-state index is 12.1. The Morgan fingerprint density at radius 3 is 2.46 bits per heavy atom. The zero-order valence-electron chi connectivity index (χ0n) is 13.7. The standard InChI is InChI=1S/C17H15N5O3S/c1-22-15(11-6-8-18-9-7-11)20-21-17(22)26-10-14(23)19-13-4-2-12(3-5-13)16(24)25/h2-9H,10H2,1H3,(H,19,23)(H,24,25)/p-1. The molecule has 0 fully saturated rings. The minimum absolute atomic E-state index is 0.0556. The highest BCUT2D eigenvalue weighted by Gasteiger charge is 2.13. The highest BCUT2D eigenvalue weighted by molar-refractivity contribution is 7.99. The number of carboxylic acids is 1. The number of aromatic carboxylic acids is 1. The van der Waals surface area contributed by atoms with Gasteiger partial charge in [-0.1, -0.05) is 23.9 Å². The topological polar surface area (TPSA) is 113 Å². The SMILES string of the molecule is Cn1c(SCC(=O)Nc2ccc(C(=O)[O-])cc2)nnc1-c1ccncc1. The number of benzene rings is 1. The lowest BCUT2D eigenvalue weighted by Crippen LogP contribution is -2.22. The molecule has 2 aromatic heterocycles. The molecule has 1 N–H and O–H groups in total. The molecular weight excluding hydrogens is 354 g/mol. The van der Waals surface area contributed by atoms with Crippen LogP contribution in [0.3, 0.4) is 0 Å². The lowest BCUT2D eigenvalue weighted by Gasteiger charge is -2.07. The number of rotatable bonds is 6. The number of aromatic nitrogens is 4. The Kier molecular flexibility index (Phi) is 5.28. The molecule has 1 amide bonds. The Hall–Kier alpha value is -3.20.